The van der Waals surface area contributed by atoms with Crippen molar-refractivity contribution in [2.45, 2.75) is 57.0 Å². The number of benzene rings is 1. The highest BCUT2D eigenvalue weighted by Crippen LogP contribution is 2.33. The molecule has 10 heteroatoms. The molecular weight excluding hydrogens is 468 g/mol. The molecule has 2 aliphatic rings. The van der Waals surface area contributed by atoms with Gasteiger partial charge in [0, 0.05) is 18.3 Å². The summed E-state index contributed by atoms with van der Waals surface area (Å²) in [5.74, 6) is -1.31. The Morgan fingerprint density at radius 3 is 2.57 bits per heavy atom. The second kappa shape index (κ2) is 10.2. The van der Waals surface area contributed by atoms with Gasteiger partial charge in [-0.05, 0) is 44.0 Å². The molecule has 1 N–H and O–H groups in total. The Labute approximate surface area is 205 Å². The van der Waals surface area contributed by atoms with Crippen molar-refractivity contribution in [2.24, 2.45) is 0 Å². The monoisotopic (exact) mass is 498 g/mol. The van der Waals surface area contributed by atoms with Gasteiger partial charge in [0.05, 0.1) is 18.3 Å². The quantitative estimate of drug-likeness (QED) is 0.592. The Hall–Kier alpha value is -3.11. The number of likely N-dealkylation sites (tertiary alicyclic amines) is 1. The Morgan fingerprint density at radius 1 is 1.17 bits per heavy atom. The van der Waals surface area contributed by atoms with Crippen LogP contribution >= 0.6 is 0 Å². The number of amides is 2. The number of sulfonamides is 1. The molecular formula is C25H30N4O5S. The first-order valence-electron chi connectivity index (χ1n) is 11.8. The number of rotatable bonds is 8. The van der Waals surface area contributed by atoms with Crippen molar-refractivity contribution in [2.75, 3.05) is 13.1 Å². The molecule has 3 unspecified atom stereocenters. The summed E-state index contributed by atoms with van der Waals surface area (Å²) in [5.41, 5.74) is 1.87. The number of carbonyl (C=O) groups is 3. The van der Waals surface area contributed by atoms with Gasteiger partial charge in [-0.1, -0.05) is 37.1 Å². The number of nitrogens with one attached hydrogen (secondary N) is 1. The van der Waals surface area contributed by atoms with E-state index in [0.29, 0.717) is 30.5 Å². The summed E-state index contributed by atoms with van der Waals surface area (Å²) in [5, 5.41) is 2.82. The minimum absolute atomic E-state index is 0.260. The number of hydrogen-bond acceptors (Lipinski definition) is 6. The van der Waals surface area contributed by atoms with Crippen LogP contribution in [0.5, 0.6) is 0 Å². The second-order valence-corrected chi connectivity index (χ2v) is 11.0. The summed E-state index contributed by atoms with van der Waals surface area (Å²) in [6.45, 7) is 3.84. The van der Waals surface area contributed by atoms with E-state index in [1.54, 1.807) is 30.3 Å². The molecule has 9 nitrogen and oxygen atoms in total. The van der Waals surface area contributed by atoms with Crippen LogP contribution in [0.15, 0.2) is 48.7 Å². The molecule has 2 saturated heterocycles. The number of aromatic nitrogens is 1. The maximum atomic E-state index is 13.5. The zero-order chi connectivity index (χ0) is 25.2. The fourth-order valence-corrected chi connectivity index (χ4v) is 6.50. The van der Waals surface area contributed by atoms with E-state index in [4.69, 9.17) is 0 Å². The average molecular weight is 499 g/mol. The molecule has 3 heterocycles. The number of Topliss-reactive ketones (excluding diaryl/α,β-unsaturated/α-hetero) is 1. The average Bonchev–Trinajstić information content (AvgIpc) is 3.40. The van der Waals surface area contributed by atoms with E-state index in [2.05, 4.69) is 10.3 Å². The summed E-state index contributed by atoms with van der Waals surface area (Å²) in [4.78, 5) is 44.7. The molecule has 35 heavy (non-hydrogen) atoms. The van der Waals surface area contributed by atoms with Crippen LogP contribution in [0.25, 0.3) is 0 Å². The van der Waals surface area contributed by atoms with Crippen LogP contribution < -0.4 is 5.32 Å². The van der Waals surface area contributed by atoms with Crippen LogP contribution in [0, 0.1) is 6.92 Å². The van der Waals surface area contributed by atoms with E-state index in [9.17, 15) is 22.8 Å². The van der Waals surface area contributed by atoms with Gasteiger partial charge < -0.3 is 10.2 Å². The fourth-order valence-electron chi connectivity index (χ4n) is 4.83. The smallest absolute Gasteiger partial charge is 0.251 e. The summed E-state index contributed by atoms with van der Waals surface area (Å²) in [6, 6.07) is 9.88. The van der Waals surface area contributed by atoms with Crippen molar-refractivity contribution in [3.63, 3.8) is 0 Å². The Bertz CT molecular complexity index is 1200. The molecule has 0 saturated carbocycles. The SMILES string of the molecule is CCCC(NC(=O)c1ccc(C)cc1)C(=O)N1CCC2C1C(=O)CN2S(=O)(=O)Cc1ccccn1. The molecule has 1 aromatic carbocycles. The second-order valence-electron chi connectivity index (χ2n) is 9.10. The predicted octanol–water partition coefficient (Wildman–Crippen LogP) is 1.67. The van der Waals surface area contributed by atoms with Crippen LogP contribution in [-0.2, 0) is 25.4 Å². The summed E-state index contributed by atoms with van der Waals surface area (Å²) in [6.07, 6.45) is 2.97. The third-order valence-corrected chi connectivity index (χ3v) is 8.34. The predicted molar refractivity (Wildman–Crippen MR) is 130 cm³/mol. The van der Waals surface area contributed by atoms with Gasteiger partial charge in [-0.3, -0.25) is 19.4 Å². The topological polar surface area (TPSA) is 117 Å². The highest BCUT2D eigenvalue weighted by atomic mass is 32.2. The van der Waals surface area contributed by atoms with Gasteiger partial charge in [-0.2, -0.15) is 4.31 Å². The van der Waals surface area contributed by atoms with Crippen molar-refractivity contribution in [3.8, 4) is 0 Å². The molecule has 2 fully saturated rings. The van der Waals surface area contributed by atoms with Crippen molar-refractivity contribution >= 4 is 27.6 Å². The minimum Gasteiger partial charge on any atom is -0.340 e. The number of fused-ring (bicyclic) bond motifs is 1. The zero-order valence-corrected chi connectivity index (χ0v) is 20.7. The van der Waals surface area contributed by atoms with Gasteiger partial charge in [0.15, 0.2) is 5.78 Å². The summed E-state index contributed by atoms with van der Waals surface area (Å²) in [7, 11) is -3.80. The van der Waals surface area contributed by atoms with E-state index >= 15 is 0 Å². The van der Waals surface area contributed by atoms with Crippen LogP contribution in [0.2, 0.25) is 0 Å². The first-order chi connectivity index (χ1) is 16.7. The van der Waals surface area contributed by atoms with E-state index in [1.807, 2.05) is 26.0 Å². The van der Waals surface area contributed by atoms with E-state index in [-0.39, 0.29) is 36.4 Å². The van der Waals surface area contributed by atoms with Crippen molar-refractivity contribution < 1.29 is 22.8 Å². The van der Waals surface area contributed by atoms with Gasteiger partial charge in [-0.15, -0.1) is 0 Å². The van der Waals surface area contributed by atoms with Crippen molar-refractivity contribution in [3.05, 3.63) is 65.5 Å². The molecule has 2 aliphatic heterocycles. The van der Waals surface area contributed by atoms with Crippen molar-refractivity contribution in [1.82, 2.24) is 19.5 Å². The number of hydrogen-bond donors (Lipinski definition) is 1. The van der Waals surface area contributed by atoms with Crippen molar-refractivity contribution in [1.29, 1.82) is 0 Å². The highest BCUT2D eigenvalue weighted by Gasteiger charge is 2.54. The maximum absolute atomic E-state index is 13.5. The normalized spacial score (nSPS) is 21.1. The lowest BCUT2D eigenvalue weighted by Gasteiger charge is -2.28. The number of carbonyl (C=O) groups excluding carboxylic acids is 3. The Balaban J connectivity index is 1.49. The first-order valence-corrected chi connectivity index (χ1v) is 13.4. The van der Waals surface area contributed by atoms with Gasteiger partial charge in [0.1, 0.15) is 17.8 Å². The van der Waals surface area contributed by atoms with Gasteiger partial charge >= 0.3 is 0 Å². The third-order valence-electron chi connectivity index (χ3n) is 6.57. The van der Waals surface area contributed by atoms with Crippen LogP contribution in [0.1, 0.15) is 47.8 Å². The van der Waals surface area contributed by atoms with Crippen LogP contribution in [-0.4, -0.2) is 71.4 Å². The summed E-state index contributed by atoms with van der Waals surface area (Å²) < 4.78 is 27.4. The molecule has 186 valence electrons. The lowest BCUT2D eigenvalue weighted by atomic mass is 10.1. The third kappa shape index (κ3) is 5.28. The standard InChI is InChI=1S/C25H30N4O5S/c1-3-6-20(27-24(31)18-10-8-17(2)9-11-18)25(32)28-14-12-21-23(28)22(30)15-29(21)35(33,34)16-19-7-4-5-13-26-19/h4-5,7-11,13,20-21,23H,3,6,12,14-16H2,1-2H3,(H,27,31). The summed E-state index contributed by atoms with van der Waals surface area (Å²) >= 11 is 0. The van der Waals surface area contributed by atoms with E-state index < -0.39 is 28.1 Å². The highest BCUT2D eigenvalue weighted by molar-refractivity contribution is 7.88. The first kappa shape index (κ1) is 25.0. The molecule has 3 atom stereocenters. The van der Waals surface area contributed by atoms with Gasteiger partial charge in [-0.25, -0.2) is 8.42 Å². The molecule has 0 radical (unpaired) electrons. The zero-order valence-electron chi connectivity index (χ0n) is 19.9. The van der Waals surface area contributed by atoms with Crippen LogP contribution in [0.4, 0.5) is 0 Å². The lowest BCUT2D eigenvalue weighted by molar-refractivity contribution is -0.138. The Morgan fingerprint density at radius 2 is 1.91 bits per heavy atom. The maximum Gasteiger partial charge on any atom is 0.251 e. The van der Waals surface area contributed by atoms with E-state index in [0.717, 1.165) is 5.56 Å². The molecule has 0 bridgehead atoms. The molecule has 0 spiro atoms. The van der Waals surface area contributed by atoms with Crippen LogP contribution in [0.3, 0.4) is 0 Å². The number of pyridine rings is 1. The molecule has 2 amide bonds. The van der Waals surface area contributed by atoms with E-state index in [1.165, 1.54) is 15.4 Å². The fraction of sp³-hybridized carbons (Fsp3) is 0.440. The molecule has 2 aromatic rings. The number of nitrogens with zero attached hydrogens (tertiary/aromatic N) is 3. The van der Waals surface area contributed by atoms with Gasteiger partial charge in [0.25, 0.3) is 5.91 Å². The lowest BCUT2D eigenvalue weighted by Crippen LogP contribution is -2.52. The largest absolute Gasteiger partial charge is 0.340 e. The minimum atomic E-state index is -3.80. The number of ketones is 1. The Kier molecular flexibility index (Phi) is 7.32. The molecule has 1 aromatic heterocycles. The molecule has 4 rings (SSSR count). The number of aryl methyl sites for hydroxylation is 1. The van der Waals surface area contributed by atoms with Gasteiger partial charge in [0.2, 0.25) is 15.9 Å². The molecule has 0 aliphatic carbocycles.